The Balaban J connectivity index is 1.52. The Bertz CT molecular complexity index is 466. The highest BCUT2D eigenvalue weighted by Gasteiger charge is 2.22. The zero-order chi connectivity index (χ0) is 12.2. The Morgan fingerprint density at radius 3 is 2.89 bits per heavy atom. The average molecular weight is 242 g/mol. The first-order valence-electron chi connectivity index (χ1n) is 6.50. The van der Waals surface area contributed by atoms with Gasteiger partial charge in [-0.05, 0) is 24.4 Å². The predicted molar refractivity (Wildman–Crippen MR) is 69.8 cm³/mol. The van der Waals surface area contributed by atoms with Gasteiger partial charge in [-0.3, -0.25) is 9.58 Å². The predicted octanol–water partition coefficient (Wildman–Crippen LogP) is 1.80. The molecule has 1 saturated heterocycles. The van der Waals surface area contributed by atoms with Crippen LogP contribution in [0.2, 0.25) is 0 Å². The lowest BCUT2D eigenvalue weighted by Gasteiger charge is -2.16. The van der Waals surface area contributed by atoms with Crippen LogP contribution in [0.4, 0.5) is 0 Å². The van der Waals surface area contributed by atoms with Gasteiger partial charge < -0.3 is 0 Å². The molecule has 1 aromatic heterocycles. The molecule has 3 rings (SSSR count). The molecule has 1 aromatic carbocycles. The van der Waals surface area contributed by atoms with Crippen molar-refractivity contribution in [2.45, 2.75) is 19.5 Å². The highest BCUT2D eigenvalue weighted by atomic mass is 15.4. The Morgan fingerprint density at radius 2 is 2.11 bits per heavy atom. The molecule has 0 bridgehead atoms. The van der Waals surface area contributed by atoms with E-state index in [0.717, 1.165) is 19.6 Å². The molecule has 0 radical (unpaired) electrons. The van der Waals surface area contributed by atoms with Crippen molar-refractivity contribution in [3.05, 3.63) is 48.3 Å². The molecule has 0 saturated carbocycles. The van der Waals surface area contributed by atoms with E-state index in [1.807, 2.05) is 10.9 Å². The standard InChI is InChI=1S/C14H18N4/c1-2-4-13(5-3-1)10-17-8-6-14(11-17)12-18-9-7-15-16-18/h1-5,7,9,14H,6,8,10-12H2. The van der Waals surface area contributed by atoms with Crippen LogP contribution in [0.3, 0.4) is 0 Å². The van der Waals surface area contributed by atoms with Crippen molar-refractivity contribution < 1.29 is 0 Å². The van der Waals surface area contributed by atoms with Crippen LogP contribution in [0.5, 0.6) is 0 Å². The van der Waals surface area contributed by atoms with Gasteiger partial charge in [-0.1, -0.05) is 35.5 Å². The Morgan fingerprint density at radius 1 is 1.22 bits per heavy atom. The van der Waals surface area contributed by atoms with Crippen molar-refractivity contribution in [2.75, 3.05) is 13.1 Å². The molecule has 1 aliphatic rings. The van der Waals surface area contributed by atoms with Gasteiger partial charge in [-0.25, -0.2) is 0 Å². The minimum atomic E-state index is 0.704. The second-order valence-corrected chi connectivity index (χ2v) is 5.00. The molecule has 18 heavy (non-hydrogen) atoms. The quantitative estimate of drug-likeness (QED) is 0.820. The lowest BCUT2D eigenvalue weighted by molar-refractivity contribution is 0.305. The van der Waals surface area contributed by atoms with Crippen molar-refractivity contribution in [3.8, 4) is 0 Å². The molecular weight excluding hydrogens is 224 g/mol. The maximum atomic E-state index is 4.04. The summed E-state index contributed by atoms with van der Waals surface area (Å²) >= 11 is 0. The highest BCUT2D eigenvalue weighted by Crippen LogP contribution is 2.19. The number of hydrogen-bond acceptors (Lipinski definition) is 3. The molecule has 0 amide bonds. The summed E-state index contributed by atoms with van der Waals surface area (Å²) in [5, 5.41) is 7.89. The van der Waals surface area contributed by atoms with Gasteiger partial charge in [0.25, 0.3) is 0 Å². The maximum Gasteiger partial charge on any atom is 0.0692 e. The van der Waals surface area contributed by atoms with Gasteiger partial charge in [0.15, 0.2) is 0 Å². The molecule has 0 spiro atoms. The van der Waals surface area contributed by atoms with Crippen LogP contribution in [0.15, 0.2) is 42.7 Å². The largest absolute Gasteiger partial charge is 0.299 e. The zero-order valence-electron chi connectivity index (χ0n) is 10.4. The fourth-order valence-corrected chi connectivity index (χ4v) is 2.64. The molecule has 1 atom stereocenters. The summed E-state index contributed by atoms with van der Waals surface area (Å²) in [6.45, 7) is 4.41. The number of hydrogen-bond donors (Lipinski definition) is 0. The molecule has 94 valence electrons. The average Bonchev–Trinajstić information content (AvgIpc) is 3.03. The summed E-state index contributed by atoms with van der Waals surface area (Å²) in [7, 11) is 0. The van der Waals surface area contributed by atoms with E-state index in [4.69, 9.17) is 0 Å². The molecule has 2 heterocycles. The third-order valence-corrected chi connectivity index (χ3v) is 3.54. The van der Waals surface area contributed by atoms with E-state index in [-0.39, 0.29) is 0 Å². The summed E-state index contributed by atoms with van der Waals surface area (Å²) < 4.78 is 1.94. The fourth-order valence-electron chi connectivity index (χ4n) is 2.64. The summed E-state index contributed by atoms with van der Waals surface area (Å²) in [5.74, 6) is 0.704. The molecule has 1 aliphatic heterocycles. The molecule has 4 heteroatoms. The summed E-state index contributed by atoms with van der Waals surface area (Å²) in [5.41, 5.74) is 1.40. The first-order chi connectivity index (χ1) is 8.90. The van der Waals surface area contributed by atoms with Crippen LogP contribution >= 0.6 is 0 Å². The second-order valence-electron chi connectivity index (χ2n) is 5.00. The van der Waals surface area contributed by atoms with Gasteiger partial charge in [-0.2, -0.15) is 0 Å². The molecular formula is C14H18N4. The van der Waals surface area contributed by atoms with Gasteiger partial charge in [0.1, 0.15) is 0 Å². The molecule has 4 nitrogen and oxygen atoms in total. The number of rotatable bonds is 4. The fraction of sp³-hybridized carbons (Fsp3) is 0.429. The van der Waals surface area contributed by atoms with Crippen LogP contribution in [0.1, 0.15) is 12.0 Å². The van der Waals surface area contributed by atoms with Crippen molar-refractivity contribution in [1.82, 2.24) is 19.9 Å². The lowest BCUT2D eigenvalue weighted by atomic mass is 10.1. The van der Waals surface area contributed by atoms with E-state index < -0.39 is 0 Å². The van der Waals surface area contributed by atoms with Crippen LogP contribution in [-0.2, 0) is 13.1 Å². The van der Waals surface area contributed by atoms with Gasteiger partial charge in [0.2, 0.25) is 0 Å². The minimum Gasteiger partial charge on any atom is -0.299 e. The second kappa shape index (κ2) is 5.31. The SMILES string of the molecule is c1ccc(CN2CCC(Cn3ccnn3)C2)cc1. The molecule has 1 unspecified atom stereocenters. The number of likely N-dealkylation sites (tertiary alicyclic amines) is 1. The van der Waals surface area contributed by atoms with E-state index in [2.05, 4.69) is 45.5 Å². The third kappa shape index (κ3) is 2.76. The third-order valence-electron chi connectivity index (χ3n) is 3.54. The normalized spacial score (nSPS) is 20.3. The first-order valence-corrected chi connectivity index (χ1v) is 6.50. The molecule has 0 aliphatic carbocycles. The Labute approximate surface area is 107 Å². The Hall–Kier alpha value is -1.68. The Kier molecular flexibility index (Phi) is 3.37. The van der Waals surface area contributed by atoms with Crippen LogP contribution in [-0.4, -0.2) is 33.0 Å². The number of benzene rings is 1. The maximum absolute atomic E-state index is 4.04. The molecule has 1 fully saturated rings. The van der Waals surface area contributed by atoms with Gasteiger partial charge in [-0.15, -0.1) is 5.10 Å². The molecule has 2 aromatic rings. The summed E-state index contributed by atoms with van der Waals surface area (Å²) in [4.78, 5) is 2.52. The van der Waals surface area contributed by atoms with E-state index >= 15 is 0 Å². The number of nitrogens with zero attached hydrogens (tertiary/aromatic N) is 4. The van der Waals surface area contributed by atoms with E-state index in [1.165, 1.54) is 18.5 Å². The van der Waals surface area contributed by atoms with Crippen LogP contribution in [0.25, 0.3) is 0 Å². The first kappa shape index (κ1) is 11.4. The molecule has 0 N–H and O–H groups in total. The van der Waals surface area contributed by atoms with Crippen molar-refractivity contribution in [3.63, 3.8) is 0 Å². The van der Waals surface area contributed by atoms with Crippen LogP contribution in [0, 0.1) is 5.92 Å². The lowest BCUT2D eigenvalue weighted by Crippen LogP contribution is -2.21. The van der Waals surface area contributed by atoms with Gasteiger partial charge in [0, 0.05) is 25.8 Å². The van der Waals surface area contributed by atoms with Gasteiger partial charge in [0.05, 0.1) is 6.20 Å². The minimum absolute atomic E-state index is 0.704. The van der Waals surface area contributed by atoms with Crippen molar-refractivity contribution in [2.24, 2.45) is 5.92 Å². The zero-order valence-corrected chi connectivity index (χ0v) is 10.4. The van der Waals surface area contributed by atoms with E-state index in [0.29, 0.717) is 5.92 Å². The van der Waals surface area contributed by atoms with Gasteiger partial charge >= 0.3 is 0 Å². The van der Waals surface area contributed by atoms with E-state index in [1.54, 1.807) is 6.20 Å². The van der Waals surface area contributed by atoms with Crippen molar-refractivity contribution >= 4 is 0 Å². The highest BCUT2D eigenvalue weighted by molar-refractivity contribution is 5.14. The van der Waals surface area contributed by atoms with Crippen molar-refractivity contribution in [1.29, 1.82) is 0 Å². The summed E-state index contributed by atoms with van der Waals surface area (Å²) in [6.07, 6.45) is 4.95. The van der Waals surface area contributed by atoms with E-state index in [9.17, 15) is 0 Å². The monoisotopic (exact) mass is 242 g/mol. The smallest absolute Gasteiger partial charge is 0.0692 e. The number of aromatic nitrogens is 3. The van der Waals surface area contributed by atoms with Crippen LogP contribution < -0.4 is 0 Å². The topological polar surface area (TPSA) is 34.0 Å². The summed E-state index contributed by atoms with van der Waals surface area (Å²) in [6, 6.07) is 10.7.